The van der Waals surface area contributed by atoms with Crippen LogP contribution in [0.15, 0.2) is 12.5 Å². The number of aromatic nitrogens is 2. The summed E-state index contributed by atoms with van der Waals surface area (Å²) < 4.78 is 0. The highest BCUT2D eigenvalue weighted by molar-refractivity contribution is 5.92. The standard InChI is InChI=1S/C14H17N3O2/c18-14(19)10-4-15-7-16-13(10)17-5-11-8-1-2-9(3-8)12(11)6-17/h4,7-9,11-12H,1-3,5-6H2,(H,18,19)/t8-,9+,11-,12+. The second-order valence-corrected chi connectivity index (χ2v) is 6.13. The maximum Gasteiger partial charge on any atom is 0.341 e. The van der Waals surface area contributed by atoms with Gasteiger partial charge in [-0.3, -0.25) is 0 Å². The van der Waals surface area contributed by atoms with Gasteiger partial charge in [0.1, 0.15) is 17.7 Å². The zero-order valence-corrected chi connectivity index (χ0v) is 10.7. The van der Waals surface area contributed by atoms with Gasteiger partial charge in [-0.05, 0) is 42.9 Å². The first-order valence-corrected chi connectivity index (χ1v) is 7.02. The monoisotopic (exact) mass is 259 g/mol. The summed E-state index contributed by atoms with van der Waals surface area (Å²) in [5, 5.41) is 9.24. The molecule has 0 spiro atoms. The number of carboxylic acids is 1. The van der Waals surface area contributed by atoms with Crippen LogP contribution in [-0.2, 0) is 0 Å². The topological polar surface area (TPSA) is 66.3 Å². The van der Waals surface area contributed by atoms with Crippen molar-refractivity contribution < 1.29 is 9.90 Å². The highest BCUT2D eigenvalue weighted by atomic mass is 16.4. The highest BCUT2D eigenvalue weighted by Crippen LogP contribution is 2.55. The van der Waals surface area contributed by atoms with Gasteiger partial charge in [-0.2, -0.15) is 0 Å². The molecule has 2 aliphatic carbocycles. The van der Waals surface area contributed by atoms with Gasteiger partial charge in [0.05, 0.1) is 0 Å². The first kappa shape index (κ1) is 11.2. The van der Waals surface area contributed by atoms with Crippen LogP contribution < -0.4 is 4.90 Å². The summed E-state index contributed by atoms with van der Waals surface area (Å²) >= 11 is 0. The molecule has 0 radical (unpaired) electrons. The van der Waals surface area contributed by atoms with Crippen molar-refractivity contribution in [2.75, 3.05) is 18.0 Å². The Morgan fingerprint density at radius 2 is 1.95 bits per heavy atom. The third kappa shape index (κ3) is 1.57. The Kier molecular flexibility index (Phi) is 2.31. The summed E-state index contributed by atoms with van der Waals surface area (Å²) in [6, 6.07) is 0. The number of anilines is 1. The van der Waals surface area contributed by atoms with Gasteiger partial charge in [0, 0.05) is 19.3 Å². The van der Waals surface area contributed by atoms with Crippen LogP contribution in [0.4, 0.5) is 5.82 Å². The molecule has 4 rings (SSSR count). The number of hydrogen-bond donors (Lipinski definition) is 1. The molecule has 100 valence electrons. The van der Waals surface area contributed by atoms with Gasteiger partial charge in [-0.25, -0.2) is 14.8 Å². The van der Waals surface area contributed by atoms with Crippen LogP contribution in [0, 0.1) is 23.7 Å². The third-order valence-electron chi connectivity index (χ3n) is 5.36. The Bertz CT molecular complexity index is 515. The van der Waals surface area contributed by atoms with Crippen LogP contribution in [0.25, 0.3) is 0 Å². The summed E-state index contributed by atoms with van der Waals surface area (Å²) in [6.07, 6.45) is 7.00. The van der Waals surface area contributed by atoms with Crippen molar-refractivity contribution in [2.24, 2.45) is 23.7 Å². The summed E-state index contributed by atoms with van der Waals surface area (Å²) in [5.41, 5.74) is 0.231. The number of carboxylic acid groups (broad SMARTS) is 1. The number of nitrogens with zero attached hydrogens (tertiary/aromatic N) is 3. The zero-order valence-electron chi connectivity index (χ0n) is 10.7. The van der Waals surface area contributed by atoms with E-state index in [1.807, 2.05) is 0 Å². The highest BCUT2D eigenvalue weighted by Gasteiger charge is 2.52. The summed E-state index contributed by atoms with van der Waals surface area (Å²) in [4.78, 5) is 21.5. The van der Waals surface area contributed by atoms with E-state index in [1.54, 1.807) is 0 Å². The quantitative estimate of drug-likeness (QED) is 0.875. The summed E-state index contributed by atoms with van der Waals surface area (Å²) in [6.45, 7) is 1.95. The number of carbonyl (C=O) groups is 1. The van der Waals surface area contributed by atoms with Gasteiger partial charge in [0.15, 0.2) is 0 Å². The van der Waals surface area contributed by atoms with Gasteiger partial charge in [-0.15, -0.1) is 0 Å². The molecular formula is C14H17N3O2. The molecule has 3 aliphatic rings. The van der Waals surface area contributed by atoms with Crippen LogP contribution in [0.1, 0.15) is 29.6 Å². The molecule has 4 atom stereocenters. The summed E-state index contributed by atoms with van der Waals surface area (Å²) in [7, 11) is 0. The van der Waals surface area contributed by atoms with Gasteiger partial charge in [0.2, 0.25) is 0 Å². The van der Waals surface area contributed by atoms with Crippen molar-refractivity contribution in [3.63, 3.8) is 0 Å². The Hall–Kier alpha value is -1.65. The largest absolute Gasteiger partial charge is 0.477 e. The lowest BCUT2D eigenvalue weighted by molar-refractivity contribution is 0.0696. The fourth-order valence-electron chi connectivity index (χ4n) is 4.58. The molecule has 2 heterocycles. The Balaban J connectivity index is 1.64. The average molecular weight is 259 g/mol. The van der Waals surface area contributed by atoms with E-state index in [9.17, 15) is 9.90 Å². The smallest absolute Gasteiger partial charge is 0.341 e. The average Bonchev–Trinajstić information content (AvgIpc) is 3.11. The van der Waals surface area contributed by atoms with Crippen LogP contribution in [-0.4, -0.2) is 34.1 Å². The van der Waals surface area contributed by atoms with Crippen molar-refractivity contribution in [1.82, 2.24) is 9.97 Å². The van der Waals surface area contributed by atoms with Crippen LogP contribution >= 0.6 is 0 Å². The molecule has 19 heavy (non-hydrogen) atoms. The molecule has 2 bridgehead atoms. The normalized spacial score (nSPS) is 35.7. The Morgan fingerprint density at radius 1 is 1.26 bits per heavy atom. The van der Waals surface area contributed by atoms with Crippen LogP contribution in [0.5, 0.6) is 0 Å². The predicted octanol–water partition coefficient (Wildman–Crippen LogP) is 1.66. The van der Waals surface area contributed by atoms with E-state index in [0.717, 1.165) is 36.8 Å². The van der Waals surface area contributed by atoms with Crippen molar-refractivity contribution in [1.29, 1.82) is 0 Å². The lowest BCUT2D eigenvalue weighted by Gasteiger charge is -2.22. The fraction of sp³-hybridized carbons (Fsp3) is 0.643. The van der Waals surface area contributed by atoms with Gasteiger partial charge < -0.3 is 10.0 Å². The molecule has 2 saturated carbocycles. The molecule has 0 unspecified atom stereocenters. The predicted molar refractivity (Wildman–Crippen MR) is 69.0 cm³/mol. The van der Waals surface area contributed by atoms with Gasteiger partial charge in [-0.1, -0.05) is 0 Å². The van der Waals surface area contributed by atoms with E-state index in [4.69, 9.17) is 0 Å². The molecule has 1 N–H and O–H groups in total. The lowest BCUT2D eigenvalue weighted by Crippen LogP contribution is -2.25. The van der Waals surface area contributed by atoms with Crippen LogP contribution in [0.2, 0.25) is 0 Å². The minimum absolute atomic E-state index is 0.231. The van der Waals surface area contributed by atoms with Gasteiger partial charge in [0.25, 0.3) is 0 Å². The van der Waals surface area contributed by atoms with E-state index in [2.05, 4.69) is 14.9 Å². The summed E-state index contributed by atoms with van der Waals surface area (Å²) in [5.74, 6) is 2.93. The number of fused-ring (bicyclic) bond motifs is 5. The van der Waals surface area contributed by atoms with E-state index in [1.165, 1.54) is 31.8 Å². The van der Waals surface area contributed by atoms with Gasteiger partial charge >= 0.3 is 5.97 Å². The Labute approximate surface area is 111 Å². The van der Waals surface area contributed by atoms with Crippen molar-refractivity contribution >= 4 is 11.8 Å². The lowest BCUT2D eigenvalue weighted by atomic mass is 9.82. The van der Waals surface area contributed by atoms with Crippen LogP contribution in [0.3, 0.4) is 0 Å². The molecule has 3 fully saturated rings. The minimum Gasteiger partial charge on any atom is -0.477 e. The second kappa shape index (κ2) is 3.92. The zero-order chi connectivity index (χ0) is 13.0. The van der Waals surface area contributed by atoms with E-state index in [-0.39, 0.29) is 5.56 Å². The fourth-order valence-corrected chi connectivity index (χ4v) is 4.58. The molecule has 1 aromatic heterocycles. The maximum absolute atomic E-state index is 11.3. The van der Waals surface area contributed by atoms with E-state index < -0.39 is 5.97 Å². The molecule has 0 aromatic carbocycles. The van der Waals surface area contributed by atoms with Crippen molar-refractivity contribution in [2.45, 2.75) is 19.3 Å². The molecule has 1 aromatic rings. The van der Waals surface area contributed by atoms with E-state index >= 15 is 0 Å². The molecule has 1 saturated heterocycles. The van der Waals surface area contributed by atoms with Crippen molar-refractivity contribution in [3.05, 3.63) is 18.1 Å². The van der Waals surface area contributed by atoms with Crippen molar-refractivity contribution in [3.8, 4) is 0 Å². The molecular weight excluding hydrogens is 242 g/mol. The molecule has 5 heteroatoms. The SMILES string of the molecule is O=C(O)c1cncnc1N1C[C@@H]2[C@@H]3CC[C@@H](C3)[C@@H]2C1. The number of aromatic carboxylic acids is 1. The first-order valence-electron chi connectivity index (χ1n) is 7.02. The molecule has 0 amide bonds. The maximum atomic E-state index is 11.3. The number of hydrogen-bond acceptors (Lipinski definition) is 4. The van der Waals surface area contributed by atoms with E-state index in [0.29, 0.717) is 5.82 Å². The number of rotatable bonds is 2. The molecule has 1 aliphatic heterocycles. The molecule has 5 nitrogen and oxygen atoms in total. The minimum atomic E-state index is -0.935. The second-order valence-electron chi connectivity index (χ2n) is 6.13. The Morgan fingerprint density at radius 3 is 2.58 bits per heavy atom. The first-order chi connectivity index (χ1) is 9.24. The third-order valence-corrected chi connectivity index (χ3v) is 5.36.